The molecule has 0 spiro atoms. The van der Waals surface area contributed by atoms with Crippen LogP contribution in [0.15, 0.2) is 17.0 Å². The molecule has 0 saturated heterocycles. The molecule has 1 unspecified atom stereocenters. The normalized spacial score (nSPS) is 17.0. The van der Waals surface area contributed by atoms with Crippen LogP contribution in [0.3, 0.4) is 0 Å². The first-order valence-corrected chi connectivity index (χ1v) is 9.06. The van der Waals surface area contributed by atoms with Crippen molar-refractivity contribution in [3.05, 3.63) is 23.3 Å². The molecule has 21 heavy (non-hydrogen) atoms. The average molecular weight is 310 g/mol. The highest BCUT2D eigenvalue weighted by Gasteiger charge is 2.37. The van der Waals surface area contributed by atoms with E-state index in [0.29, 0.717) is 10.8 Å². The van der Waals surface area contributed by atoms with Crippen molar-refractivity contribution in [2.24, 2.45) is 5.92 Å². The van der Waals surface area contributed by atoms with Gasteiger partial charge in [0.1, 0.15) is 0 Å². The Morgan fingerprint density at radius 3 is 2.24 bits per heavy atom. The lowest BCUT2D eigenvalue weighted by Crippen LogP contribution is -2.37. The van der Waals surface area contributed by atoms with Crippen molar-refractivity contribution >= 4 is 15.7 Å². The Hall–Kier alpha value is -1.07. The number of rotatable bonds is 6. The fourth-order valence-electron chi connectivity index (χ4n) is 2.90. The lowest BCUT2D eigenvalue weighted by molar-refractivity contribution is 0.356. The summed E-state index contributed by atoms with van der Waals surface area (Å²) in [6.45, 7) is 8.60. The fourth-order valence-corrected chi connectivity index (χ4v) is 4.73. The predicted octanol–water partition coefficient (Wildman–Crippen LogP) is 3.15. The number of nitrogens with zero attached hydrogens (tertiary/aromatic N) is 1. The molecule has 0 bridgehead atoms. The zero-order chi connectivity index (χ0) is 15.8. The molecule has 0 amide bonds. The highest BCUT2D eigenvalue weighted by atomic mass is 32.2. The first-order valence-electron chi connectivity index (χ1n) is 7.62. The molecule has 1 fully saturated rings. The monoisotopic (exact) mass is 310 g/mol. The van der Waals surface area contributed by atoms with E-state index in [0.717, 1.165) is 36.2 Å². The number of aryl methyl sites for hydroxylation is 2. The fraction of sp³-hybridized carbons (Fsp3) is 0.625. The summed E-state index contributed by atoms with van der Waals surface area (Å²) in [7, 11) is -1.73. The second kappa shape index (κ2) is 5.97. The van der Waals surface area contributed by atoms with Gasteiger partial charge in [0, 0.05) is 25.3 Å². The highest BCUT2D eigenvalue weighted by Crippen LogP contribution is 2.37. The van der Waals surface area contributed by atoms with E-state index in [1.807, 2.05) is 39.8 Å². The van der Waals surface area contributed by atoms with Gasteiger partial charge >= 0.3 is 0 Å². The molecule has 1 saturated carbocycles. The van der Waals surface area contributed by atoms with Gasteiger partial charge in [0.2, 0.25) is 10.0 Å². The summed E-state index contributed by atoms with van der Waals surface area (Å²) < 4.78 is 27.4. The highest BCUT2D eigenvalue weighted by molar-refractivity contribution is 7.89. The van der Waals surface area contributed by atoms with Crippen LogP contribution in [0.2, 0.25) is 0 Å². The molecule has 1 N–H and O–H groups in total. The Balaban J connectivity index is 2.39. The Kier molecular flexibility index (Phi) is 4.63. The second-order valence-corrected chi connectivity index (χ2v) is 8.00. The number of sulfonamides is 1. The molecule has 1 atom stereocenters. The molecule has 5 heteroatoms. The third kappa shape index (κ3) is 3.24. The molecule has 0 aliphatic heterocycles. The lowest BCUT2D eigenvalue weighted by atomic mass is 10.1. The summed E-state index contributed by atoms with van der Waals surface area (Å²) in [6, 6.07) is 3.90. The van der Waals surface area contributed by atoms with Crippen LogP contribution >= 0.6 is 0 Å². The minimum atomic E-state index is -3.43. The zero-order valence-electron chi connectivity index (χ0n) is 13.6. The molecule has 1 aromatic rings. The van der Waals surface area contributed by atoms with Crippen LogP contribution in [0.25, 0.3) is 0 Å². The minimum absolute atomic E-state index is 0.0715. The number of hydrogen-bond donors (Lipinski definition) is 1. The maximum absolute atomic E-state index is 12.9. The summed E-state index contributed by atoms with van der Waals surface area (Å²) in [6.07, 6.45) is 2.27. The van der Waals surface area contributed by atoms with Crippen molar-refractivity contribution in [2.75, 3.05) is 18.9 Å². The summed E-state index contributed by atoms with van der Waals surface area (Å²) in [4.78, 5) is 0.458. The Morgan fingerprint density at radius 1 is 1.29 bits per heavy atom. The standard InChI is InChI=1S/C16H26N2O2S/c1-6-17-15-9-11(2)16(12(3)10-15)21(19,20)18(5)13(4)14-7-8-14/h9-10,13-14,17H,6-8H2,1-5H3. The molecule has 2 rings (SSSR count). The van der Waals surface area contributed by atoms with Gasteiger partial charge in [0.25, 0.3) is 0 Å². The van der Waals surface area contributed by atoms with Crippen molar-refractivity contribution in [3.8, 4) is 0 Å². The SMILES string of the molecule is CCNc1cc(C)c(S(=O)(=O)N(C)C(C)C2CC2)c(C)c1. The van der Waals surface area contributed by atoms with Crippen molar-refractivity contribution in [3.63, 3.8) is 0 Å². The van der Waals surface area contributed by atoms with Crippen LogP contribution in [0.1, 0.15) is 37.8 Å². The van der Waals surface area contributed by atoms with Crippen LogP contribution in [-0.2, 0) is 10.0 Å². The van der Waals surface area contributed by atoms with Gasteiger partial charge in [-0.05, 0) is 69.7 Å². The predicted molar refractivity (Wildman–Crippen MR) is 87.2 cm³/mol. The van der Waals surface area contributed by atoms with E-state index < -0.39 is 10.0 Å². The van der Waals surface area contributed by atoms with Crippen molar-refractivity contribution < 1.29 is 8.42 Å². The van der Waals surface area contributed by atoms with E-state index in [2.05, 4.69) is 5.32 Å². The summed E-state index contributed by atoms with van der Waals surface area (Å²) in [5, 5.41) is 3.24. The van der Waals surface area contributed by atoms with Crippen LogP contribution in [-0.4, -0.2) is 32.4 Å². The smallest absolute Gasteiger partial charge is 0.243 e. The molecule has 0 heterocycles. The van der Waals surface area contributed by atoms with Crippen LogP contribution < -0.4 is 5.32 Å². The van der Waals surface area contributed by atoms with E-state index in [1.165, 1.54) is 0 Å². The summed E-state index contributed by atoms with van der Waals surface area (Å²) in [5.41, 5.74) is 2.59. The molecule has 118 valence electrons. The van der Waals surface area contributed by atoms with Crippen molar-refractivity contribution in [1.29, 1.82) is 0 Å². The minimum Gasteiger partial charge on any atom is -0.385 e. The molecule has 0 aromatic heterocycles. The quantitative estimate of drug-likeness (QED) is 0.878. The lowest BCUT2D eigenvalue weighted by Gasteiger charge is -2.26. The number of hydrogen-bond acceptors (Lipinski definition) is 3. The maximum atomic E-state index is 12.9. The average Bonchev–Trinajstić information content (AvgIpc) is 3.20. The number of benzene rings is 1. The third-order valence-corrected chi connectivity index (χ3v) is 6.61. The number of nitrogens with one attached hydrogen (secondary N) is 1. The topological polar surface area (TPSA) is 49.4 Å². The first kappa shape index (κ1) is 16.3. The van der Waals surface area contributed by atoms with Gasteiger partial charge in [-0.15, -0.1) is 0 Å². The van der Waals surface area contributed by atoms with Gasteiger partial charge in [-0.1, -0.05) is 0 Å². The Bertz CT molecular complexity index is 598. The Labute approximate surface area is 128 Å². The van der Waals surface area contributed by atoms with Crippen LogP contribution in [0.4, 0.5) is 5.69 Å². The molecule has 1 aliphatic carbocycles. The van der Waals surface area contributed by atoms with Crippen LogP contribution in [0.5, 0.6) is 0 Å². The van der Waals surface area contributed by atoms with Gasteiger partial charge < -0.3 is 5.32 Å². The van der Waals surface area contributed by atoms with Gasteiger partial charge in [-0.2, -0.15) is 4.31 Å². The van der Waals surface area contributed by atoms with Crippen molar-refractivity contribution in [1.82, 2.24) is 4.31 Å². The van der Waals surface area contributed by atoms with E-state index >= 15 is 0 Å². The molecular weight excluding hydrogens is 284 g/mol. The second-order valence-electron chi connectivity index (χ2n) is 6.07. The van der Waals surface area contributed by atoms with Gasteiger partial charge in [0.05, 0.1) is 4.90 Å². The molecule has 4 nitrogen and oxygen atoms in total. The third-order valence-electron chi connectivity index (χ3n) is 4.36. The summed E-state index contributed by atoms with van der Waals surface area (Å²) >= 11 is 0. The van der Waals surface area contributed by atoms with E-state index in [9.17, 15) is 8.42 Å². The molecule has 0 radical (unpaired) electrons. The molecular formula is C16H26N2O2S. The molecule has 1 aromatic carbocycles. The van der Waals surface area contributed by atoms with E-state index in [-0.39, 0.29) is 6.04 Å². The van der Waals surface area contributed by atoms with Gasteiger partial charge in [0.15, 0.2) is 0 Å². The Morgan fingerprint density at radius 2 is 1.81 bits per heavy atom. The zero-order valence-corrected chi connectivity index (χ0v) is 14.4. The largest absolute Gasteiger partial charge is 0.385 e. The van der Waals surface area contributed by atoms with Crippen LogP contribution in [0, 0.1) is 19.8 Å². The maximum Gasteiger partial charge on any atom is 0.243 e. The molecule has 1 aliphatic rings. The summed E-state index contributed by atoms with van der Waals surface area (Å²) in [5.74, 6) is 0.520. The van der Waals surface area contributed by atoms with Gasteiger partial charge in [-0.3, -0.25) is 0 Å². The first-order chi connectivity index (χ1) is 9.78. The van der Waals surface area contributed by atoms with Gasteiger partial charge in [-0.25, -0.2) is 8.42 Å². The number of anilines is 1. The van der Waals surface area contributed by atoms with E-state index in [4.69, 9.17) is 0 Å². The van der Waals surface area contributed by atoms with Crippen molar-refractivity contribution in [2.45, 2.75) is 51.5 Å². The van der Waals surface area contributed by atoms with E-state index in [1.54, 1.807) is 11.4 Å².